The maximum atomic E-state index is 4.03. The van der Waals surface area contributed by atoms with Crippen LogP contribution in [0.1, 0.15) is 47.5 Å². The van der Waals surface area contributed by atoms with Crippen LogP contribution in [0.2, 0.25) is 0 Å². The van der Waals surface area contributed by atoms with Crippen molar-refractivity contribution in [3.05, 3.63) is 6.92 Å². The van der Waals surface area contributed by atoms with Crippen LogP contribution in [0.25, 0.3) is 0 Å². The van der Waals surface area contributed by atoms with Gasteiger partial charge in [-0.2, -0.15) is 0 Å². The molecule has 0 aromatic rings. The molecule has 0 saturated heterocycles. The van der Waals surface area contributed by atoms with Gasteiger partial charge in [0.05, 0.1) is 0 Å². The highest BCUT2D eigenvalue weighted by atomic mass is 14.3. The van der Waals surface area contributed by atoms with E-state index in [1.807, 2.05) is 0 Å². The first-order valence-electron chi connectivity index (χ1n) is 4.73. The van der Waals surface area contributed by atoms with Gasteiger partial charge < -0.3 is 0 Å². The molecule has 0 aliphatic heterocycles. The van der Waals surface area contributed by atoms with E-state index in [4.69, 9.17) is 0 Å². The van der Waals surface area contributed by atoms with Gasteiger partial charge in [-0.15, -0.1) is 0 Å². The van der Waals surface area contributed by atoms with Crippen LogP contribution < -0.4 is 0 Å². The molecule has 2 unspecified atom stereocenters. The highest BCUT2D eigenvalue weighted by Gasteiger charge is 2.23. The van der Waals surface area contributed by atoms with E-state index in [1.54, 1.807) is 0 Å². The van der Waals surface area contributed by atoms with Crippen molar-refractivity contribution in [1.82, 2.24) is 0 Å². The maximum absolute atomic E-state index is 4.03. The van der Waals surface area contributed by atoms with Gasteiger partial charge >= 0.3 is 0 Å². The lowest BCUT2D eigenvalue weighted by molar-refractivity contribution is 0.196. The molecule has 0 aromatic carbocycles. The zero-order valence-corrected chi connectivity index (χ0v) is 8.78. The first-order valence-corrected chi connectivity index (χ1v) is 4.73. The molecule has 11 heavy (non-hydrogen) atoms. The molecule has 0 fully saturated rings. The minimum absolute atomic E-state index is 0.492. The summed E-state index contributed by atoms with van der Waals surface area (Å²) in [5.74, 6) is 1.39. The van der Waals surface area contributed by atoms with E-state index in [1.165, 1.54) is 12.8 Å². The Labute approximate surface area is 72.4 Å². The lowest BCUT2D eigenvalue weighted by atomic mass is 9.74. The predicted octanol–water partition coefficient (Wildman–Crippen LogP) is 3.92. The third kappa shape index (κ3) is 3.79. The summed E-state index contributed by atoms with van der Waals surface area (Å²) < 4.78 is 0. The monoisotopic (exact) mass is 155 g/mol. The van der Waals surface area contributed by atoms with Crippen molar-refractivity contribution in [3.8, 4) is 0 Å². The Balaban J connectivity index is 3.90. The highest BCUT2D eigenvalue weighted by molar-refractivity contribution is 4.75. The summed E-state index contributed by atoms with van der Waals surface area (Å²) in [7, 11) is 0. The minimum Gasteiger partial charge on any atom is -0.0649 e. The Morgan fingerprint density at radius 2 is 1.73 bits per heavy atom. The average Bonchev–Trinajstić information content (AvgIpc) is 1.86. The Hall–Kier alpha value is 0. The molecule has 67 valence electrons. The van der Waals surface area contributed by atoms with Crippen molar-refractivity contribution in [3.63, 3.8) is 0 Å². The summed E-state index contributed by atoms with van der Waals surface area (Å²) in [6.07, 6.45) is 2.52. The summed E-state index contributed by atoms with van der Waals surface area (Å²) in [5, 5.41) is 0. The Kier molecular flexibility index (Phi) is 4.13. The quantitative estimate of drug-likeness (QED) is 0.577. The van der Waals surface area contributed by atoms with E-state index in [0.29, 0.717) is 11.3 Å². The fraction of sp³-hybridized carbons (Fsp3) is 0.909. The van der Waals surface area contributed by atoms with Crippen LogP contribution in [-0.4, -0.2) is 0 Å². The lowest BCUT2D eigenvalue weighted by Gasteiger charge is -2.31. The van der Waals surface area contributed by atoms with Crippen LogP contribution in [0.4, 0.5) is 0 Å². The topological polar surface area (TPSA) is 0 Å². The fourth-order valence-electron chi connectivity index (χ4n) is 1.27. The van der Waals surface area contributed by atoms with Gasteiger partial charge in [-0.1, -0.05) is 48.0 Å². The van der Waals surface area contributed by atoms with Crippen molar-refractivity contribution in [1.29, 1.82) is 0 Å². The summed E-state index contributed by atoms with van der Waals surface area (Å²) >= 11 is 0. The van der Waals surface area contributed by atoms with Crippen molar-refractivity contribution in [2.45, 2.75) is 47.5 Å². The van der Waals surface area contributed by atoms with Crippen molar-refractivity contribution >= 4 is 0 Å². The molecule has 0 aliphatic carbocycles. The van der Waals surface area contributed by atoms with Crippen molar-refractivity contribution < 1.29 is 0 Å². The molecule has 0 rings (SSSR count). The molecule has 1 radical (unpaired) electrons. The van der Waals surface area contributed by atoms with Gasteiger partial charge in [-0.3, -0.25) is 0 Å². The molecule has 0 amide bonds. The Morgan fingerprint density at radius 1 is 1.27 bits per heavy atom. The van der Waals surface area contributed by atoms with E-state index in [-0.39, 0.29) is 0 Å². The normalized spacial score (nSPS) is 15.5. The predicted molar refractivity (Wildman–Crippen MR) is 52.4 cm³/mol. The van der Waals surface area contributed by atoms with Crippen LogP contribution in [0.3, 0.4) is 0 Å². The summed E-state index contributed by atoms with van der Waals surface area (Å²) in [6.45, 7) is 15.5. The average molecular weight is 155 g/mol. The lowest BCUT2D eigenvalue weighted by Crippen LogP contribution is -2.21. The summed E-state index contributed by atoms with van der Waals surface area (Å²) in [4.78, 5) is 0. The minimum atomic E-state index is 0.492. The number of hydrogen-bond donors (Lipinski definition) is 0. The molecule has 0 bridgehead atoms. The molecule has 0 nitrogen and oxygen atoms in total. The van der Waals surface area contributed by atoms with Crippen LogP contribution >= 0.6 is 0 Å². The molecule has 0 aliphatic rings. The van der Waals surface area contributed by atoms with E-state index in [0.717, 1.165) is 5.92 Å². The van der Waals surface area contributed by atoms with E-state index in [2.05, 4.69) is 41.5 Å². The Morgan fingerprint density at radius 3 is 2.00 bits per heavy atom. The van der Waals surface area contributed by atoms with Gasteiger partial charge in [0.2, 0.25) is 0 Å². The molecule has 0 N–H and O–H groups in total. The van der Waals surface area contributed by atoms with Gasteiger partial charge in [0, 0.05) is 0 Å². The second kappa shape index (κ2) is 4.13. The van der Waals surface area contributed by atoms with Gasteiger partial charge in [-0.25, -0.2) is 0 Å². The molecule has 0 heterocycles. The van der Waals surface area contributed by atoms with E-state index < -0.39 is 0 Å². The van der Waals surface area contributed by atoms with E-state index >= 15 is 0 Å². The summed E-state index contributed by atoms with van der Waals surface area (Å²) in [6, 6.07) is 0. The molecule has 0 aromatic heterocycles. The van der Waals surface area contributed by atoms with Gasteiger partial charge in [0.25, 0.3) is 0 Å². The molecule has 0 spiro atoms. The largest absolute Gasteiger partial charge is 0.0649 e. The van der Waals surface area contributed by atoms with Crippen LogP contribution in [0, 0.1) is 24.2 Å². The number of hydrogen-bond acceptors (Lipinski definition) is 0. The fourth-order valence-corrected chi connectivity index (χ4v) is 1.27. The van der Waals surface area contributed by atoms with Gasteiger partial charge in [-0.05, 0) is 23.7 Å². The number of rotatable bonds is 4. The molecule has 2 atom stereocenters. The molecular weight excluding hydrogens is 132 g/mol. The van der Waals surface area contributed by atoms with E-state index in [9.17, 15) is 0 Å². The molecule has 0 saturated carbocycles. The third-order valence-corrected chi connectivity index (χ3v) is 3.00. The standard InChI is InChI=1S/C11H23/c1-7-11(5,6)10(4)8-9(2)3/h9-10H,2,7-8H2,1,3-6H3. The second-order valence-electron chi connectivity index (χ2n) is 4.58. The smallest absolute Gasteiger partial charge is 0.0331 e. The summed E-state index contributed by atoms with van der Waals surface area (Å²) in [5.41, 5.74) is 0.492. The van der Waals surface area contributed by atoms with Crippen molar-refractivity contribution in [2.24, 2.45) is 17.3 Å². The van der Waals surface area contributed by atoms with Crippen LogP contribution in [-0.2, 0) is 0 Å². The zero-order valence-electron chi connectivity index (χ0n) is 8.78. The third-order valence-electron chi connectivity index (χ3n) is 3.00. The first-order chi connectivity index (χ1) is 4.90. The van der Waals surface area contributed by atoms with Crippen LogP contribution in [0.5, 0.6) is 0 Å². The second-order valence-corrected chi connectivity index (χ2v) is 4.58. The van der Waals surface area contributed by atoms with Crippen LogP contribution in [0.15, 0.2) is 0 Å². The SMILES string of the molecule is [CH2]C(C)CC(C)C(C)(C)CC. The molecular formula is C11H23. The first kappa shape index (κ1) is 11.0. The maximum Gasteiger partial charge on any atom is -0.0331 e. The highest BCUT2D eigenvalue weighted by Crippen LogP contribution is 2.33. The van der Waals surface area contributed by atoms with Gasteiger partial charge in [0.1, 0.15) is 0 Å². The zero-order chi connectivity index (χ0) is 9.07. The van der Waals surface area contributed by atoms with Crippen molar-refractivity contribution in [2.75, 3.05) is 0 Å². The van der Waals surface area contributed by atoms with Gasteiger partial charge in [0.15, 0.2) is 0 Å². The Bertz CT molecular complexity index is 101. The molecule has 0 heteroatoms.